The van der Waals surface area contributed by atoms with E-state index in [1.165, 1.54) is 11.8 Å². The van der Waals surface area contributed by atoms with Crippen LogP contribution in [0.4, 0.5) is 5.95 Å². The van der Waals surface area contributed by atoms with E-state index in [1.807, 2.05) is 24.3 Å². The lowest BCUT2D eigenvalue weighted by Crippen LogP contribution is -2.36. The normalized spacial score (nSPS) is 19.2. The number of carbonyl (C=O) groups is 1. The number of rotatable bonds is 4. The molecule has 5 rings (SSSR count). The predicted octanol–water partition coefficient (Wildman–Crippen LogP) is 7.19. The number of halogens is 3. The highest BCUT2D eigenvalue weighted by Gasteiger charge is 2.43. The lowest BCUT2D eigenvalue weighted by molar-refractivity contribution is -0.118. The van der Waals surface area contributed by atoms with Gasteiger partial charge in [-0.05, 0) is 35.6 Å². The summed E-state index contributed by atoms with van der Waals surface area (Å²) in [5.74, 6) is 1.27. The van der Waals surface area contributed by atoms with E-state index >= 15 is 0 Å². The maximum Gasteiger partial charge on any atom is 0.227 e. The van der Waals surface area contributed by atoms with E-state index in [1.54, 1.807) is 22.9 Å². The van der Waals surface area contributed by atoms with Crippen LogP contribution in [0.3, 0.4) is 0 Å². The Morgan fingerprint density at radius 2 is 1.76 bits per heavy atom. The molecule has 2 heterocycles. The van der Waals surface area contributed by atoms with Gasteiger partial charge < -0.3 is 5.32 Å². The van der Waals surface area contributed by atoms with Gasteiger partial charge in [-0.25, -0.2) is 4.68 Å². The van der Waals surface area contributed by atoms with Gasteiger partial charge in [-0.3, -0.25) is 4.79 Å². The smallest absolute Gasteiger partial charge is 0.227 e. The fourth-order valence-corrected chi connectivity index (χ4v) is 6.17. The Hall–Kier alpha value is -1.99. The average Bonchev–Trinajstić information content (AvgIpc) is 3.14. The van der Waals surface area contributed by atoms with Crippen LogP contribution in [-0.4, -0.2) is 20.5 Å². The highest BCUT2D eigenvalue weighted by atomic mass is 35.5. The molecule has 1 N–H and O–H groups in total. The zero-order valence-corrected chi connectivity index (χ0v) is 21.1. The van der Waals surface area contributed by atoms with Gasteiger partial charge in [0.1, 0.15) is 6.04 Å². The fourth-order valence-electron chi connectivity index (χ4n) is 4.45. The van der Waals surface area contributed by atoms with Gasteiger partial charge in [-0.2, -0.15) is 4.98 Å². The molecule has 5 nitrogen and oxygen atoms in total. The monoisotopic (exact) mass is 518 g/mol. The minimum Gasteiger partial charge on any atom is -0.328 e. The number of allylic oxidation sites excluding steroid dienone is 2. The molecule has 0 bridgehead atoms. The second-order valence-corrected chi connectivity index (χ2v) is 11.2. The number of hydrogen-bond donors (Lipinski definition) is 1. The highest BCUT2D eigenvalue weighted by Crippen LogP contribution is 2.48. The summed E-state index contributed by atoms with van der Waals surface area (Å²) in [6.07, 6.45) is 1.17. The zero-order valence-electron chi connectivity index (χ0n) is 18.0. The molecule has 9 heteroatoms. The summed E-state index contributed by atoms with van der Waals surface area (Å²) in [5.41, 5.74) is 3.03. The molecule has 1 unspecified atom stereocenters. The third kappa shape index (κ3) is 4.30. The molecule has 33 heavy (non-hydrogen) atoms. The van der Waals surface area contributed by atoms with Crippen LogP contribution >= 0.6 is 46.6 Å². The van der Waals surface area contributed by atoms with Crippen LogP contribution in [0, 0.1) is 5.41 Å². The minimum atomic E-state index is -0.539. The average molecular weight is 520 g/mol. The number of anilines is 1. The van der Waals surface area contributed by atoms with Crippen LogP contribution in [0.5, 0.6) is 0 Å². The van der Waals surface area contributed by atoms with Crippen molar-refractivity contribution in [1.29, 1.82) is 0 Å². The summed E-state index contributed by atoms with van der Waals surface area (Å²) in [6, 6.07) is 12.5. The number of nitrogens with zero attached hydrogens (tertiary/aromatic N) is 3. The van der Waals surface area contributed by atoms with Gasteiger partial charge in [0.2, 0.25) is 11.1 Å². The van der Waals surface area contributed by atoms with Crippen molar-refractivity contribution in [3.05, 3.63) is 79.9 Å². The number of carbonyl (C=O) groups excluding carboxylic acids is 1. The Kier molecular flexibility index (Phi) is 5.98. The van der Waals surface area contributed by atoms with Gasteiger partial charge in [0.25, 0.3) is 0 Å². The van der Waals surface area contributed by atoms with Crippen molar-refractivity contribution >= 4 is 58.3 Å². The molecule has 3 aromatic rings. The summed E-state index contributed by atoms with van der Waals surface area (Å²) in [5, 5.41) is 10.4. The second-order valence-electron chi connectivity index (χ2n) is 9.04. The quantitative estimate of drug-likeness (QED) is 0.370. The van der Waals surface area contributed by atoms with Crippen molar-refractivity contribution in [2.45, 2.75) is 43.6 Å². The van der Waals surface area contributed by atoms with Crippen molar-refractivity contribution in [2.24, 2.45) is 5.41 Å². The van der Waals surface area contributed by atoms with E-state index in [4.69, 9.17) is 44.9 Å². The molecule has 1 aromatic heterocycles. The predicted molar refractivity (Wildman–Crippen MR) is 134 cm³/mol. The Labute approximate surface area is 211 Å². The molecule has 1 atom stereocenters. The second kappa shape index (κ2) is 8.66. The van der Waals surface area contributed by atoms with Gasteiger partial charge in [-0.15, -0.1) is 5.10 Å². The summed E-state index contributed by atoms with van der Waals surface area (Å²) in [6.45, 7) is 4.19. The van der Waals surface area contributed by atoms with Gasteiger partial charge in [-0.1, -0.05) is 84.7 Å². The summed E-state index contributed by atoms with van der Waals surface area (Å²) < 4.78 is 1.73. The molecule has 170 valence electrons. The first-order valence-electron chi connectivity index (χ1n) is 10.5. The Morgan fingerprint density at radius 3 is 2.48 bits per heavy atom. The lowest BCUT2D eigenvalue weighted by Gasteiger charge is -2.38. The Morgan fingerprint density at radius 1 is 1.06 bits per heavy atom. The number of nitrogens with one attached hydrogen (secondary N) is 1. The molecule has 2 aromatic carbocycles. The van der Waals surface area contributed by atoms with Gasteiger partial charge in [0, 0.05) is 44.1 Å². The van der Waals surface area contributed by atoms with Gasteiger partial charge >= 0.3 is 0 Å². The standard InChI is InChI=1S/C24H21Cl3N4OS/c1-24(2)10-17-20(18(32)11-24)21(19-15(26)8-5-9-16(19)27)31-22(28-17)29-23(30-31)33-12-13-6-3-4-7-14(13)25/h3-9,21H,10-12H2,1-2H3,(H,28,29,30). The molecule has 0 radical (unpaired) electrons. The molecule has 0 saturated heterocycles. The SMILES string of the molecule is CC1(C)CC(=O)C2=C(C1)Nc1nc(SCc3ccccc3Cl)nn1C2c1c(Cl)cccc1Cl. The fraction of sp³-hybridized carbons (Fsp3) is 0.292. The maximum atomic E-state index is 13.3. The number of thioether (sulfide) groups is 1. The molecular weight excluding hydrogens is 499 g/mol. The first kappa shape index (κ1) is 22.8. The number of benzene rings is 2. The van der Waals surface area contributed by atoms with Crippen LogP contribution < -0.4 is 5.32 Å². The summed E-state index contributed by atoms with van der Waals surface area (Å²) in [7, 11) is 0. The third-order valence-electron chi connectivity index (χ3n) is 5.90. The van der Waals surface area contributed by atoms with E-state index in [0.717, 1.165) is 17.7 Å². The van der Waals surface area contributed by atoms with E-state index < -0.39 is 6.04 Å². The van der Waals surface area contributed by atoms with Crippen LogP contribution in [-0.2, 0) is 10.5 Å². The number of Topliss-reactive ketones (excluding diaryl/α,β-unsaturated/α-hetero) is 1. The molecule has 0 fully saturated rings. The number of hydrogen-bond acceptors (Lipinski definition) is 5. The largest absolute Gasteiger partial charge is 0.328 e. The van der Waals surface area contributed by atoms with Crippen LogP contribution in [0.15, 0.2) is 58.9 Å². The number of ketones is 1. The molecule has 2 aliphatic rings. The van der Waals surface area contributed by atoms with Crippen LogP contribution in [0.1, 0.15) is 43.9 Å². The zero-order chi connectivity index (χ0) is 23.3. The molecule has 0 spiro atoms. The minimum absolute atomic E-state index is 0.0705. The van der Waals surface area contributed by atoms with Gasteiger partial charge in [0.05, 0.1) is 0 Å². The summed E-state index contributed by atoms with van der Waals surface area (Å²) >= 11 is 21.0. The van der Waals surface area contributed by atoms with Crippen molar-refractivity contribution in [2.75, 3.05) is 5.32 Å². The molecular formula is C24H21Cl3N4OS. The van der Waals surface area contributed by atoms with E-state index in [-0.39, 0.29) is 11.2 Å². The first-order valence-corrected chi connectivity index (χ1v) is 12.7. The molecule has 0 amide bonds. The third-order valence-corrected chi connectivity index (χ3v) is 7.81. The van der Waals surface area contributed by atoms with Crippen molar-refractivity contribution in [3.8, 4) is 0 Å². The van der Waals surface area contributed by atoms with Crippen molar-refractivity contribution < 1.29 is 4.79 Å². The number of aromatic nitrogens is 3. The number of fused-ring (bicyclic) bond motifs is 1. The summed E-state index contributed by atoms with van der Waals surface area (Å²) in [4.78, 5) is 18.1. The van der Waals surface area contributed by atoms with Gasteiger partial charge in [0.15, 0.2) is 5.78 Å². The van der Waals surface area contributed by atoms with E-state index in [9.17, 15) is 4.79 Å². The van der Waals surface area contributed by atoms with E-state index in [0.29, 0.717) is 49.5 Å². The van der Waals surface area contributed by atoms with Crippen LogP contribution in [0.2, 0.25) is 15.1 Å². The maximum absolute atomic E-state index is 13.3. The molecule has 1 aliphatic carbocycles. The molecule has 1 aliphatic heterocycles. The Balaban J connectivity index is 1.58. The topological polar surface area (TPSA) is 59.8 Å². The molecule has 0 saturated carbocycles. The van der Waals surface area contributed by atoms with E-state index in [2.05, 4.69) is 19.2 Å². The lowest BCUT2D eigenvalue weighted by atomic mass is 9.73. The highest BCUT2D eigenvalue weighted by molar-refractivity contribution is 7.98. The first-order chi connectivity index (χ1) is 15.7. The van der Waals surface area contributed by atoms with Crippen molar-refractivity contribution in [1.82, 2.24) is 14.8 Å². The Bertz CT molecular complexity index is 1280. The van der Waals surface area contributed by atoms with Crippen molar-refractivity contribution in [3.63, 3.8) is 0 Å². The van der Waals surface area contributed by atoms with Crippen LogP contribution in [0.25, 0.3) is 0 Å².